The number of allylic oxidation sites excluding steroid dienone is 15. The van der Waals surface area contributed by atoms with Gasteiger partial charge >= 0.3 is 6.03 Å². The van der Waals surface area contributed by atoms with Crippen molar-refractivity contribution in [2.75, 3.05) is 5.32 Å². The zero-order valence-corrected chi connectivity index (χ0v) is 14.1. The molecule has 0 fully saturated rings. The standard InChI is InChI=1S/C19H16N4OS/c24-18(20-16-13-9-5-2-6-10-14-16)21-19-23-22-17(25-19)15-11-7-3-1-4-8-12-15/h1-14H,(H2,20,21,23,24)/b3-1-,4-1?,5-2-,6-2?,7-3?,8-4-,9-5?,10-6-,11-7-,12-8?,13-9-,14-10?,15-11?,15-12+,16-13?,16-14+. The SMILES string of the molecule is O=C(NC1=C/C=C\C=C/C=C\1)Nc1nnc(C2=C/C=C\C=C/C=C\2)s1. The van der Waals surface area contributed by atoms with E-state index >= 15 is 0 Å². The first kappa shape index (κ1) is 16.6. The molecule has 2 amide bonds. The summed E-state index contributed by atoms with van der Waals surface area (Å²) >= 11 is 1.32. The van der Waals surface area contributed by atoms with Crippen LogP contribution in [0.3, 0.4) is 0 Å². The number of rotatable bonds is 3. The van der Waals surface area contributed by atoms with E-state index in [1.807, 2.05) is 85.1 Å². The highest BCUT2D eigenvalue weighted by Crippen LogP contribution is 2.24. The zero-order chi connectivity index (χ0) is 17.3. The number of hydrogen-bond donors (Lipinski definition) is 2. The molecule has 25 heavy (non-hydrogen) atoms. The fourth-order valence-corrected chi connectivity index (χ4v) is 2.75. The first-order valence-corrected chi connectivity index (χ1v) is 8.48. The minimum atomic E-state index is -0.360. The number of nitrogens with one attached hydrogen (secondary N) is 2. The van der Waals surface area contributed by atoms with E-state index in [4.69, 9.17) is 0 Å². The third kappa shape index (κ3) is 5.12. The van der Waals surface area contributed by atoms with Crippen molar-refractivity contribution in [1.82, 2.24) is 15.5 Å². The van der Waals surface area contributed by atoms with Gasteiger partial charge in [0.25, 0.3) is 0 Å². The first-order valence-electron chi connectivity index (χ1n) is 7.66. The summed E-state index contributed by atoms with van der Waals surface area (Å²) < 4.78 is 0. The number of hydrogen-bond acceptors (Lipinski definition) is 4. The lowest BCUT2D eigenvalue weighted by Gasteiger charge is -2.05. The average molecular weight is 348 g/mol. The Balaban J connectivity index is 1.64. The number of aromatic nitrogens is 2. The first-order chi connectivity index (χ1) is 12.3. The number of anilines is 1. The number of carbonyl (C=O) groups excluding carboxylic acids is 1. The van der Waals surface area contributed by atoms with Crippen LogP contribution >= 0.6 is 11.3 Å². The quantitative estimate of drug-likeness (QED) is 0.856. The Bertz CT molecular complexity index is 879. The van der Waals surface area contributed by atoms with Gasteiger partial charge in [-0.2, -0.15) is 0 Å². The molecule has 0 aliphatic heterocycles. The highest BCUT2D eigenvalue weighted by atomic mass is 32.1. The van der Waals surface area contributed by atoms with Crippen molar-refractivity contribution < 1.29 is 4.79 Å². The third-order valence-corrected chi connectivity index (χ3v) is 4.03. The summed E-state index contributed by atoms with van der Waals surface area (Å²) in [6, 6.07) is -0.360. The third-order valence-electron chi connectivity index (χ3n) is 3.14. The van der Waals surface area contributed by atoms with E-state index in [1.165, 1.54) is 11.3 Å². The van der Waals surface area contributed by atoms with Crippen LogP contribution in [0.2, 0.25) is 0 Å². The topological polar surface area (TPSA) is 66.9 Å². The van der Waals surface area contributed by atoms with Crippen LogP contribution in [0.25, 0.3) is 5.57 Å². The van der Waals surface area contributed by atoms with Crippen LogP contribution in [-0.2, 0) is 0 Å². The minimum absolute atomic E-state index is 0.360. The van der Waals surface area contributed by atoms with Gasteiger partial charge in [-0.1, -0.05) is 84.2 Å². The molecule has 3 rings (SSSR count). The molecule has 2 aliphatic carbocycles. The highest BCUT2D eigenvalue weighted by molar-refractivity contribution is 7.16. The second kappa shape index (κ2) is 8.56. The van der Waals surface area contributed by atoms with Crippen molar-refractivity contribution in [2.24, 2.45) is 0 Å². The molecule has 0 radical (unpaired) electrons. The van der Waals surface area contributed by atoms with E-state index in [1.54, 1.807) is 0 Å². The van der Waals surface area contributed by atoms with Crippen LogP contribution in [0.4, 0.5) is 9.93 Å². The van der Waals surface area contributed by atoms with Crippen molar-refractivity contribution in [3.8, 4) is 0 Å². The summed E-state index contributed by atoms with van der Waals surface area (Å²) in [5, 5.41) is 14.8. The molecule has 0 unspecified atom stereocenters. The minimum Gasteiger partial charge on any atom is -0.308 e. The molecule has 0 saturated carbocycles. The van der Waals surface area contributed by atoms with Crippen molar-refractivity contribution in [3.05, 3.63) is 95.8 Å². The molecule has 5 nitrogen and oxygen atoms in total. The molecule has 124 valence electrons. The predicted octanol–water partition coefficient (Wildman–Crippen LogP) is 4.29. The Morgan fingerprint density at radius 2 is 1.44 bits per heavy atom. The van der Waals surface area contributed by atoms with Crippen LogP contribution in [0.5, 0.6) is 0 Å². The normalized spacial score (nSPS) is 27.5. The molecule has 0 atom stereocenters. The largest absolute Gasteiger partial charge is 0.325 e. The molecule has 0 spiro atoms. The van der Waals surface area contributed by atoms with Crippen LogP contribution in [0, 0.1) is 0 Å². The van der Waals surface area contributed by atoms with Crippen molar-refractivity contribution >= 4 is 28.1 Å². The maximum Gasteiger partial charge on any atom is 0.325 e. The molecule has 6 heteroatoms. The predicted molar refractivity (Wildman–Crippen MR) is 103 cm³/mol. The zero-order valence-electron chi connectivity index (χ0n) is 13.3. The van der Waals surface area contributed by atoms with Crippen LogP contribution < -0.4 is 10.6 Å². The smallest absolute Gasteiger partial charge is 0.308 e. The lowest BCUT2D eigenvalue weighted by Crippen LogP contribution is -2.27. The molecule has 1 aromatic rings. The monoisotopic (exact) mass is 348 g/mol. The van der Waals surface area contributed by atoms with E-state index in [0.717, 1.165) is 10.6 Å². The van der Waals surface area contributed by atoms with Gasteiger partial charge in [-0.05, 0) is 12.2 Å². The van der Waals surface area contributed by atoms with E-state index in [9.17, 15) is 4.79 Å². The number of urea groups is 1. The second-order valence-corrected chi connectivity index (χ2v) is 5.97. The average Bonchev–Trinajstić information content (AvgIpc) is 2.97. The molecule has 1 aromatic heterocycles. The summed E-state index contributed by atoms with van der Waals surface area (Å²) in [6.07, 6.45) is 26.6. The maximum atomic E-state index is 12.1. The molecular weight excluding hydrogens is 332 g/mol. The van der Waals surface area contributed by atoms with Gasteiger partial charge in [-0.15, -0.1) is 10.2 Å². The van der Waals surface area contributed by atoms with Gasteiger partial charge in [-0.25, -0.2) is 4.79 Å². The lowest BCUT2D eigenvalue weighted by molar-refractivity contribution is 0.254. The van der Waals surface area contributed by atoms with Gasteiger partial charge in [0.15, 0.2) is 0 Å². The summed E-state index contributed by atoms with van der Waals surface area (Å²) in [4.78, 5) is 12.1. The Labute approximate surface area is 149 Å². The molecule has 2 aliphatic rings. The highest BCUT2D eigenvalue weighted by Gasteiger charge is 2.10. The van der Waals surface area contributed by atoms with Crippen molar-refractivity contribution in [2.45, 2.75) is 0 Å². The van der Waals surface area contributed by atoms with Gasteiger partial charge in [0.1, 0.15) is 5.01 Å². The number of nitrogens with zero attached hydrogens (tertiary/aromatic N) is 2. The fourth-order valence-electron chi connectivity index (χ4n) is 2.01. The van der Waals surface area contributed by atoms with Crippen LogP contribution in [-0.4, -0.2) is 16.2 Å². The number of carbonyl (C=O) groups is 1. The van der Waals surface area contributed by atoms with Gasteiger partial charge in [0.2, 0.25) is 5.13 Å². The Morgan fingerprint density at radius 1 is 0.760 bits per heavy atom. The second-order valence-electron chi connectivity index (χ2n) is 4.99. The van der Waals surface area contributed by atoms with Gasteiger partial charge in [0, 0.05) is 11.3 Å². The fraction of sp³-hybridized carbons (Fsp3) is 0. The van der Waals surface area contributed by atoms with Crippen molar-refractivity contribution in [3.63, 3.8) is 0 Å². The Hall–Kier alpha value is -3.25. The Morgan fingerprint density at radius 3 is 2.28 bits per heavy atom. The summed E-state index contributed by atoms with van der Waals surface area (Å²) in [5.41, 5.74) is 1.62. The van der Waals surface area contributed by atoms with E-state index < -0.39 is 0 Å². The van der Waals surface area contributed by atoms with E-state index in [-0.39, 0.29) is 6.03 Å². The van der Waals surface area contributed by atoms with Gasteiger partial charge in [-0.3, -0.25) is 5.32 Å². The number of amides is 2. The van der Waals surface area contributed by atoms with E-state index in [2.05, 4.69) is 20.8 Å². The Kier molecular flexibility index (Phi) is 5.68. The summed E-state index contributed by atoms with van der Waals surface area (Å²) in [5.74, 6) is 0. The lowest BCUT2D eigenvalue weighted by atomic mass is 10.2. The summed E-state index contributed by atoms with van der Waals surface area (Å²) in [7, 11) is 0. The molecule has 2 N–H and O–H groups in total. The molecule has 0 saturated heterocycles. The molecule has 1 heterocycles. The van der Waals surface area contributed by atoms with Crippen molar-refractivity contribution in [1.29, 1.82) is 0 Å². The molecular formula is C19H16N4OS. The van der Waals surface area contributed by atoms with Crippen LogP contribution in [0.15, 0.2) is 90.8 Å². The molecule has 0 aromatic carbocycles. The van der Waals surface area contributed by atoms with Gasteiger partial charge in [0.05, 0.1) is 0 Å². The van der Waals surface area contributed by atoms with Gasteiger partial charge < -0.3 is 5.32 Å². The maximum absolute atomic E-state index is 12.1. The van der Waals surface area contributed by atoms with Crippen LogP contribution in [0.1, 0.15) is 5.01 Å². The van der Waals surface area contributed by atoms with E-state index in [0.29, 0.717) is 10.8 Å². The molecule has 0 bridgehead atoms. The summed E-state index contributed by atoms with van der Waals surface area (Å²) in [6.45, 7) is 0.